The SMILES string of the molecule is C[C@@H]1CCCC[C@@H]1Nc1c(C(=N)N)nnc2[nH]ccc12. The van der Waals surface area contributed by atoms with Gasteiger partial charge >= 0.3 is 0 Å². The lowest BCUT2D eigenvalue weighted by atomic mass is 9.85. The van der Waals surface area contributed by atoms with Gasteiger partial charge < -0.3 is 16.0 Å². The summed E-state index contributed by atoms with van der Waals surface area (Å²) in [7, 11) is 0. The molecule has 1 aliphatic carbocycles. The van der Waals surface area contributed by atoms with E-state index in [4.69, 9.17) is 11.1 Å². The number of nitrogens with one attached hydrogen (secondary N) is 3. The molecular weight excluding hydrogens is 252 g/mol. The number of fused-ring (bicyclic) bond motifs is 1. The molecule has 0 amide bonds. The second-order valence-corrected chi connectivity index (χ2v) is 5.59. The van der Waals surface area contributed by atoms with Crippen LogP contribution in [0.1, 0.15) is 38.3 Å². The molecule has 0 saturated heterocycles. The quantitative estimate of drug-likeness (QED) is 0.508. The molecule has 6 nitrogen and oxygen atoms in total. The summed E-state index contributed by atoms with van der Waals surface area (Å²) in [5.41, 5.74) is 7.64. The van der Waals surface area contributed by atoms with E-state index in [1.807, 2.05) is 12.3 Å². The molecule has 106 valence electrons. The van der Waals surface area contributed by atoms with Crippen molar-refractivity contribution in [2.24, 2.45) is 11.7 Å². The van der Waals surface area contributed by atoms with E-state index >= 15 is 0 Å². The van der Waals surface area contributed by atoms with Crippen LogP contribution >= 0.6 is 0 Å². The number of H-pyrrole nitrogens is 1. The summed E-state index contributed by atoms with van der Waals surface area (Å²) < 4.78 is 0. The van der Waals surface area contributed by atoms with Crippen molar-refractivity contribution in [3.8, 4) is 0 Å². The van der Waals surface area contributed by atoms with Crippen molar-refractivity contribution in [1.29, 1.82) is 5.41 Å². The van der Waals surface area contributed by atoms with Gasteiger partial charge in [-0.1, -0.05) is 19.8 Å². The van der Waals surface area contributed by atoms with E-state index in [0.29, 0.717) is 17.7 Å². The Labute approximate surface area is 117 Å². The van der Waals surface area contributed by atoms with Crippen LogP contribution in [0.5, 0.6) is 0 Å². The summed E-state index contributed by atoms with van der Waals surface area (Å²) in [5, 5.41) is 20.4. The van der Waals surface area contributed by atoms with Gasteiger partial charge in [0, 0.05) is 17.6 Å². The van der Waals surface area contributed by atoms with Crippen LogP contribution in [0.25, 0.3) is 11.0 Å². The van der Waals surface area contributed by atoms with Gasteiger partial charge in [-0.15, -0.1) is 10.2 Å². The van der Waals surface area contributed by atoms with Crippen LogP contribution < -0.4 is 11.1 Å². The lowest BCUT2D eigenvalue weighted by Crippen LogP contribution is -2.31. The zero-order valence-corrected chi connectivity index (χ0v) is 11.6. The van der Waals surface area contributed by atoms with Gasteiger partial charge in [-0.2, -0.15) is 0 Å². The van der Waals surface area contributed by atoms with Gasteiger partial charge in [0.15, 0.2) is 11.3 Å². The van der Waals surface area contributed by atoms with Gasteiger partial charge in [-0.3, -0.25) is 5.41 Å². The molecule has 2 aromatic rings. The van der Waals surface area contributed by atoms with E-state index in [2.05, 4.69) is 27.4 Å². The number of hydrogen-bond donors (Lipinski definition) is 4. The first-order chi connectivity index (χ1) is 9.66. The number of amidine groups is 1. The van der Waals surface area contributed by atoms with Crippen molar-refractivity contribution in [1.82, 2.24) is 15.2 Å². The summed E-state index contributed by atoms with van der Waals surface area (Å²) in [4.78, 5) is 3.05. The predicted molar refractivity (Wildman–Crippen MR) is 79.9 cm³/mol. The number of hydrogen-bond acceptors (Lipinski definition) is 4. The Morgan fingerprint density at radius 3 is 2.95 bits per heavy atom. The minimum absolute atomic E-state index is 0.0495. The van der Waals surface area contributed by atoms with Crippen LogP contribution in [0.3, 0.4) is 0 Å². The predicted octanol–water partition coefficient (Wildman–Crippen LogP) is 2.23. The number of nitrogens with zero attached hydrogens (tertiary/aromatic N) is 2. The molecule has 0 unspecified atom stereocenters. The van der Waals surface area contributed by atoms with Gasteiger partial charge in [0.2, 0.25) is 0 Å². The molecule has 0 radical (unpaired) electrons. The van der Waals surface area contributed by atoms with Gasteiger partial charge in [0.05, 0.1) is 5.69 Å². The molecule has 0 bridgehead atoms. The Kier molecular flexibility index (Phi) is 3.30. The highest BCUT2D eigenvalue weighted by Crippen LogP contribution is 2.30. The fourth-order valence-electron chi connectivity index (χ4n) is 2.97. The Bertz CT molecular complexity index is 632. The highest BCUT2D eigenvalue weighted by Gasteiger charge is 2.24. The molecule has 1 saturated carbocycles. The van der Waals surface area contributed by atoms with Crippen LogP contribution in [0.15, 0.2) is 12.3 Å². The van der Waals surface area contributed by atoms with Gasteiger partial charge in [0.1, 0.15) is 5.84 Å². The molecule has 6 heteroatoms. The molecule has 0 aliphatic heterocycles. The first kappa shape index (κ1) is 12.9. The van der Waals surface area contributed by atoms with E-state index in [9.17, 15) is 0 Å². The van der Waals surface area contributed by atoms with E-state index in [-0.39, 0.29) is 5.84 Å². The van der Waals surface area contributed by atoms with Crippen LogP contribution in [0.4, 0.5) is 5.69 Å². The monoisotopic (exact) mass is 272 g/mol. The van der Waals surface area contributed by atoms with Crippen LogP contribution in [-0.4, -0.2) is 27.1 Å². The second kappa shape index (κ2) is 5.11. The molecule has 2 aromatic heterocycles. The number of nitrogen functional groups attached to an aromatic ring is 1. The fraction of sp³-hybridized carbons (Fsp3) is 0.500. The standard InChI is InChI=1S/C14H20N6/c1-8-4-2-3-5-10(8)18-11-9-6-7-17-14(9)20-19-12(11)13(15)16/h6-8,10H,2-5H2,1H3,(H3,15,16)(H2,17,18,20)/t8-,10+/m1/s1. The van der Waals surface area contributed by atoms with Crippen molar-refractivity contribution in [2.75, 3.05) is 5.32 Å². The minimum Gasteiger partial charge on any atom is -0.382 e. The lowest BCUT2D eigenvalue weighted by molar-refractivity contribution is 0.349. The van der Waals surface area contributed by atoms with Crippen molar-refractivity contribution < 1.29 is 0 Å². The topological polar surface area (TPSA) is 103 Å². The maximum absolute atomic E-state index is 7.70. The average Bonchev–Trinajstić information content (AvgIpc) is 2.90. The third-order valence-electron chi connectivity index (χ3n) is 4.18. The minimum atomic E-state index is -0.0495. The van der Waals surface area contributed by atoms with Crippen molar-refractivity contribution >= 4 is 22.6 Å². The third kappa shape index (κ3) is 2.21. The molecule has 2 heterocycles. The first-order valence-electron chi connectivity index (χ1n) is 7.11. The van der Waals surface area contributed by atoms with Crippen molar-refractivity contribution in [3.05, 3.63) is 18.0 Å². The Hall–Kier alpha value is -2.11. The molecular formula is C14H20N6. The van der Waals surface area contributed by atoms with Crippen molar-refractivity contribution in [2.45, 2.75) is 38.6 Å². The highest BCUT2D eigenvalue weighted by atomic mass is 15.2. The smallest absolute Gasteiger partial charge is 0.162 e. The number of anilines is 1. The summed E-state index contributed by atoms with van der Waals surface area (Å²) in [6.07, 6.45) is 6.76. The molecule has 0 spiro atoms. The number of nitrogens with two attached hydrogens (primary N) is 1. The highest BCUT2D eigenvalue weighted by molar-refractivity contribution is 6.05. The van der Waals surface area contributed by atoms with Gasteiger partial charge in [0.25, 0.3) is 0 Å². The molecule has 20 heavy (non-hydrogen) atoms. The normalized spacial score (nSPS) is 22.9. The van der Waals surface area contributed by atoms with E-state index in [1.54, 1.807) is 0 Å². The van der Waals surface area contributed by atoms with Crippen molar-refractivity contribution in [3.63, 3.8) is 0 Å². The van der Waals surface area contributed by atoms with E-state index < -0.39 is 0 Å². The second-order valence-electron chi connectivity index (χ2n) is 5.59. The van der Waals surface area contributed by atoms with E-state index in [0.717, 1.165) is 23.1 Å². The van der Waals surface area contributed by atoms with Crippen LogP contribution in [0.2, 0.25) is 0 Å². The zero-order chi connectivity index (χ0) is 14.1. The van der Waals surface area contributed by atoms with Gasteiger partial charge in [-0.05, 0) is 24.8 Å². The molecule has 2 atom stereocenters. The Balaban J connectivity index is 2.01. The molecule has 1 aliphatic rings. The molecule has 1 fully saturated rings. The van der Waals surface area contributed by atoms with Crippen LogP contribution in [0, 0.1) is 11.3 Å². The molecule has 0 aromatic carbocycles. The number of aromatic amines is 1. The van der Waals surface area contributed by atoms with Gasteiger partial charge in [-0.25, -0.2) is 0 Å². The first-order valence-corrected chi connectivity index (χ1v) is 7.11. The zero-order valence-electron chi connectivity index (χ0n) is 11.6. The summed E-state index contributed by atoms with van der Waals surface area (Å²) in [6.45, 7) is 2.27. The molecule has 3 rings (SSSR count). The Morgan fingerprint density at radius 2 is 2.20 bits per heavy atom. The average molecular weight is 272 g/mol. The summed E-state index contributed by atoms with van der Waals surface area (Å²) in [5.74, 6) is 0.567. The fourth-order valence-corrected chi connectivity index (χ4v) is 2.97. The lowest BCUT2D eigenvalue weighted by Gasteiger charge is -2.31. The van der Waals surface area contributed by atoms with E-state index in [1.165, 1.54) is 19.3 Å². The third-order valence-corrected chi connectivity index (χ3v) is 4.18. The largest absolute Gasteiger partial charge is 0.382 e. The maximum atomic E-state index is 7.70. The van der Waals surface area contributed by atoms with Crippen LogP contribution in [-0.2, 0) is 0 Å². The summed E-state index contributed by atoms with van der Waals surface area (Å²) >= 11 is 0. The Morgan fingerprint density at radius 1 is 1.40 bits per heavy atom. The number of rotatable bonds is 3. The molecule has 5 N–H and O–H groups in total. The number of aromatic nitrogens is 3. The summed E-state index contributed by atoms with van der Waals surface area (Å²) in [6, 6.07) is 2.36. The maximum Gasteiger partial charge on any atom is 0.162 e.